The van der Waals surface area contributed by atoms with Crippen molar-refractivity contribution in [2.75, 3.05) is 6.54 Å². The fourth-order valence-electron chi connectivity index (χ4n) is 1.39. The van der Waals surface area contributed by atoms with Crippen LogP contribution in [0.3, 0.4) is 0 Å². The molecule has 0 bridgehead atoms. The maximum Gasteiger partial charge on any atom is 0.187 e. The first-order valence-electron chi connectivity index (χ1n) is 5.31. The third kappa shape index (κ3) is 4.03. The Balaban J connectivity index is 2.63. The minimum absolute atomic E-state index is 0.474. The van der Waals surface area contributed by atoms with E-state index in [1.54, 1.807) is 6.08 Å². The van der Waals surface area contributed by atoms with Crippen LogP contribution < -0.4 is 10.7 Å². The smallest absolute Gasteiger partial charge is 0.187 e. The van der Waals surface area contributed by atoms with E-state index in [0.717, 1.165) is 22.8 Å². The van der Waals surface area contributed by atoms with Crippen LogP contribution >= 0.6 is 12.2 Å². The van der Waals surface area contributed by atoms with Crippen LogP contribution in [-0.4, -0.2) is 17.4 Å². The predicted molar refractivity (Wildman–Crippen MR) is 74.3 cm³/mol. The fourth-order valence-corrected chi connectivity index (χ4v) is 1.52. The summed E-state index contributed by atoms with van der Waals surface area (Å²) < 4.78 is 5.44. The summed E-state index contributed by atoms with van der Waals surface area (Å²) in [5.74, 6) is 1.73. The van der Waals surface area contributed by atoms with Crippen LogP contribution in [0.5, 0.6) is 0 Å². The van der Waals surface area contributed by atoms with E-state index in [1.807, 2.05) is 26.8 Å². The average molecular weight is 251 g/mol. The summed E-state index contributed by atoms with van der Waals surface area (Å²) in [6.45, 7) is 9.93. The first kappa shape index (κ1) is 13.4. The van der Waals surface area contributed by atoms with Gasteiger partial charge in [-0.3, -0.25) is 5.43 Å². The molecule has 0 atom stereocenters. The second kappa shape index (κ2) is 6.20. The summed E-state index contributed by atoms with van der Waals surface area (Å²) in [4.78, 5) is 0. The quantitative estimate of drug-likeness (QED) is 0.373. The summed E-state index contributed by atoms with van der Waals surface area (Å²) >= 11 is 5.03. The van der Waals surface area contributed by atoms with Crippen LogP contribution in [0, 0.1) is 13.8 Å². The number of nitrogens with zero attached hydrogens (tertiary/aromatic N) is 1. The molecule has 0 amide bonds. The molecule has 0 aliphatic rings. The van der Waals surface area contributed by atoms with Crippen molar-refractivity contribution >= 4 is 23.0 Å². The van der Waals surface area contributed by atoms with Gasteiger partial charge in [-0.15, -0.1) is 6.58 Å². The first-order chi connectivity index (χ1) is 8.04. The molecule has 0 aromatic carbocycles. The third-order valence-corrected chi connectivity index (χ3v) is 2.40. The molecule has 1 aromatic heterocycles. The van der Waals surface area contributed by atoms with Gasteiger partial charge in [0.1, 0.15) is 11.5 Å². The maximum absolute atomic E-state index is 5.44. The number of hydrogen-bond donors (Lipinski definition) is 2. The summed E-state index contributed by atoms with van der Waals surface area (Å²) in [7, 11) is 0. The molecule has 0 radical (unpaired) electrons. The molecule has 0 aliphatic heterocycles. The van der Waals surface area contributed by atoms with Gasteiger partial charge in [0.25, 0.3) is 0 Å². The van der Waals surface area contributed by atoms with Gasteiger partial charge in [0.05, 0.1) is 5.71 Å². The lowest BCUT2D eigenvalue weighted by Gasteiger charge is -2.05. The lowest BCUT2D eigenvalue weighted by Crippen LogP contribution is -2.32. The Morgan fingerprint density at radius 1 is 1.59 bits per heavy atom. The van der Waals surface area contributed by atoms with Gasteiger partial charge in [-0.05, 0) is 39.1 Å². The maximum atomic E-state index is 5.44. The number of hydrazone groups is 1. The molecule has 0 saturated heterocycles. The van der Waals surface area contributed by atoms with Gasteiger partial charge in [0.2, 0.25) is 0 Å². The number of nitrogens with one attached hydrogen (secondary N) is 2. The van der Waals surface area contributed by atoms with Gasteiger partial charge >= 0.3 is 0 Å². The summed E-state index contributed by atoms with van der Waals surface area (Å²) in [5, 5.41) is 7.59. The number of thiocarbonyl (C=S) groups is 1. The normalized spacial score (nSPS) is 11.1. The SMILES string of the molecule is C=CCNC(=S)NN=C(C)c1cc(C)oc1C. The molecular weight excluding hydrogens is 234 g/mol. The summed E-state index contributed by atoms with van der Waals surface area (Å²) in [6, 6.07) is 1.95. The van der Waals surface area contributed by atoms with Gasteiger partial charge in [-0.25, -0.2) is 0 Å². The van der Waals surface area contributed by atoms with Gasteiger partial charge in [-0.2, -0.15) is 5.10 Å². The second-order valence-electron chi connectivity index (χ2n) is 3.63. The van der Waals surface area contributed by atoms with E-state index < -0.39 is 0 Å². The van der Waals surface area contributed by atoms with E-state index in [4.69, 9.17) is 16.6 Å². The fraction of sp³-hybridized carbons (Fsp3) is 0.333. The lowest BCUT2D eigenvalue weighted by molar-refractivity contribution is 0.504. The van der Waals surface area contributed by atoms with Crippen molar-refractivity contribution < 1.29 is 4.42 Å². The Labute approximate surface area is 107 Å². The van der Waals surface area contributed by atoms with Gasteiger partial charge < -0.3 is 9.73 Å². The van der Waals surface area contributed by atoms with E-state index in [9.17, 15) is 0 Å². The van der Waals surface area contributed by atoms with Crippen LogP contribution in [0.4, 0.5) is 0 Å². The van der Waals surface area contributed by atoms with Crippen LogP contribution in [0.25, 0.3) is 0 Å². The molecule has 0 spiro atoms. The highest BCUT2D eigenvalue weighted by molar-refractivity contribution is 7.80. The Bertz CT molecular complexity index is 449. The van der Waals surface area contributed by atoms with Crippen molar-refractivity contribution in [3.8, 4) is 0 Å². The third-order valence-electron chi connectivity index (χ3n) is 2.16. The minimum atomic E-state index is 0.474. The number of furan rings is 1. The van der Waals surface area contributed by atoms with E-state index in [2.05, 4.69) is 22.4 Å². The highest BCUT2D eigenvalue weighted by Crippen LogP contribution is 2.14. The second-order valence-corrected chi connectivity index (χ2v) is 4.04. The minimum Gasteiger partial charge on any atom is -0.466 e. The number of hydrogen-bond acceptors (Lipinski definition) is 3. The Morgan fingerprint density at radius 2 is 2.29 bits per heavy atom. The Morgan fingerprint density at radius 3 is 2.82 bits per heavy atom. The van der Waals surface area contributed by atoms with Crippen molar-refractivity contribution in [2.24, 2.45) is 5.10 Å². The highest BCUT2D eigenvalue weighted by atomic mass is 32.1. The Kier molecular flexibility index (Phi) is 4.90. The molecular formula is C12H17N3OS. The van der Waals surface area contributed by atoms with E-state index >= 15 is 0 Å². The zero-order valence-electron chi connectivity index (χ0n) is 10.3. The molecule has 0 aliphatic carbocycles. The molecule has 0 saturated carbocycles. The molecule has 1 aromatic rings. The van der Waals surface area contributed by atoms with E-state index in [0.29, 0.717) is 11.7 Å². The molecule has 0 unspecified atom stereocenters. The molecule has 2 N–H and O–H groups in total. The molecule has 1 heterocycles. The number of aryl methyl sites for hydroxylation is 2. The molecule has 5 heteroatoms. The van der Waals surface area contributed by atoms with Gasteiger partial charge in [0.15, 0.2) is 5.11 Å². The molecule has 0 fully saturated rings. The van der Waals surface area contributed by atoms with Crippen molar-refractivity contribution in [3.63, 3.8) is 0 Å². The standard InChI is InChI=1S/C12H17N3OS/c1-5-6-13-12(17)15-14-9(3)11-7-8(2)16-10(11)4/h5,7H,1,6H2,2-4H3,(H2,13,15,17). The highest BCUT2D eigenvalue weighted by Gasteiger charge is 2.07. The molecule has 17 heavy (non-hydrogen) atoms. The van der Waals surface area contributed by atoms with Crippen molar-refractivity contribution in [3.05, 3.63) is 35.8 Å². The van der Waals surface area contributed by atoms with Crippen LogP contribution in [0.15, 0.2) is 28.2 Å². The van der Waals surface area contributed by atoms with Crippen LogP contribution in [-0.2, 0) is 0 Å². The topological polar surface area (TPSA) is 49.6 Å². The molecule has 92 valence electrons. The summed E-state index contributed by atoms with van der Waals surface area (Å²) in [6.07, 6.45) is 1.73. The Hall–Kier alpha value is -1.62. The van der Waals surface area contributed by atoms with E-state index in [-0.39, 0.29) is 0 Å². The zero-order chi connectivity index (χ0) is 12.8. The van der Waals surface area contributed by atoms with Crippen molar-refractivity contribution in [2.45, 2.75) is 20.8 Å². The van der Waals surface area contributed by atoms with Crippen molar-refractivity contribution in [1.29, 1.82) is 0 Å². The molecule has 4 nitrogen and oxygen atoms in total. The predicted octanol–water partition coefficient (Wildman–Crippen LogP) is 2.27. The number of rotatable bonds is 4. The average Bonchev–Trinajstić information content (AvgIpc) is 2.62. The van der Waals surface area contributed by atoms with Gasteiger partial charge in [0, 0.05) is 12.1 Å². The van der Waals surface area contributed by atoms with Crippen LogP contribution in [0.2, 0.25) is 0 Å². The largest absolute Gasteiger partial charge is 0.466 e. The van der Waals surface area contributed by atoms with E-state index in [1.165, 1.54) is 0 Å². The van der Waals surface area contributed by atoms with Crippen molar-refractivity contribution in [1.82, 2.24) is 10.7 Å². The lowest BCUT2D eigenvalue weighted by atomic mass is 10.2. The van der Waals surface area contributed by atoms with Gasteiger partial charge in [-0.1, -0.05) is 6.08 Å². The monoisotopic (exact) mass is 251 g/mol. The van der Waals surface area contributed by atoms with Crippen LogP contribution in [0.1, 0.15) is 24.0 Å². The zero-order valence-corrected chi connectivity index (χ0v) is 11.1. The molecule has 1 rings (SSSR count). The first-order valence-corrected chi connectivity index (χ1v) is 5.72. The summed E-state index contributed by atoms with van der Waals surface area (Å²) in [5.41, 5.74) is 4.59.